The van der Waals surface area contributed by atoms with Crippen molar-refractivity contribution in [3.05, 3.63) is 58.0 Å². The van der Waals surface area contributed by atoms with Crippen LogP contribution >= 0.6 is 11.3 Å². The molecule has 0 amide bonds. The number of rotatable bonds is 8. The van der Waals surface area contributed by atoms with Gasteiger partial charge in [0.1, 0.15) is 5.82 Å². The molecule has 0 unspecified atom stereocenters. The Morgan fingerprint density at radius 1 is 1.11 bits per heavy atom. The standard InChI is InChI=1S/C23H31FN2OS/c24-23-6-2-1-4-21(23)16-25-10-7-19(8-11-25)14-26(15-20-9-13-28-18-20)17-22-5-3-12-27-22/h1-2,4,6,9,13,18-19,22H,3,5,7-8,10-12,14-17H2/t22-/m0/s1. The lowest BCUT2D eigenvalue weighted by Gasteiger charge is -2.35. The summed E-state index contributed by atoms with van der Waals surface area (Å²) in [5, 5.41) is 4.43. The summed E-state index contributed by atoms with van der Waals surface area (Å²) < 4.78 is 19.8. The van der Waals surface area contributed by atoms with Crippen LogP contribution in [0.3, 0.4) is 0 Å². The molecular formula is C23H31FN2OS. The number of thiophene rings is 1. The molecule has 0 bridgehead atoms. The third-order valence-corrected chi connectivity index (χ3v) is 6.78. The van der Waals surface area contributed by atoms with Gasteiger partial charge in [-0.15, -0.1) is 0 Å². The lowest BCUT2D eigenvalue weighted by atomic mass is 9.95. The van der Waals surface area contributed by atoms with Gasteiger partial charge in [0, 0.05) is 38.3 Å². The van der Waals surface area contributed by atoms with Crippen LogP contribution in [0.5, 0.6) is 0 Å². The van der Waals surface area contributed by atoms with Crippen LogP contribution < -0.4 is 0 Å². The number of hydrogen-bond acceptors (Lipinski definition) is 4. The minimum atomic E-state index is -0.0804. The van der Waals surface area contributed by atoms with Crippen LogP contribution in [-0.2, 0) is 17.8 Å². The molecule has 2 fully saturated rings. The maximum Gasteiger partial charge on any atom is 0.127 e. The maximum absolute atomic E-state index is 13.9. The van der Waals surface area contributed by atoms with E-state index in [1.165, 1.54) is 31.2 Å². The molecule has 2 aliphatic heterocycles. The van der Waals surface area contributed by atoms with Crippen LogP contribution in [0.25, 0.3) is 0 Å². The van der Waals surface area contributed by atoms with E-state index in [2.05, 4.69) is 26.6 Å². The van der Waals surface area contributed by atoms with Crippen molar-refractivity contribution in [2.45, 2.75) is 44.9 Å². The summed E-state index contributed by atoms with van der Waals surface area (Å²) in [6, 6.07) is 9.41. The second-order valence-corrected chi connectivity index (χ2v) is 9.05. The maximum atomic E-state index is 13.9. The molecule has 0 spiro atoms. The average molecular weight is 403 g/mol. The highest BCUT2D eigenvalue weighted by Crippen LogP contribution is 2.23. The Labute approximate surface area is 172 Å². The first-order chi connectivity index (χ1) is 13.8. The molecule has 2 aliphatic rings. The van der Waals surface area contributed by atoms with Crippen LogP contribution in [0, 0.1) is 11.7 Å². The number of halogens is 1. The summed E-state index contributed by atoms with van der Waals surface area (Å²) in [6.45, 7) is 6.99. The summed E-state index contributed by atoms with van der Waals surface area (Å²) >= 11 is 1.78. The smallest absolute Gasteiger partial charge is 0.127 e. The Morgan fingerprint density at radius 3 is 2.68 bits per heavy atom. The van der Waals surface area contributed by atoms with Crippen LogP contribution in [0.4, 0.5) is 4.39 Å². The third kappa shape index (κ3) is 5.63. The van der Waals surface area contributed by atoms with Gasteiger partial charge < -0.3 is 4.74 Å². The Bertz CT molecular complexity index is 709. The molecule has 3 nitrogen and oxygen atoms in total. The molecule has 0 radical (unpaired) electrons. The highest BCUT2D eigenvalue weighted by atomic mass is 32.1. The lowest BCUT2D eigenvalue weighted by Crippen LogP contribution is -2.40. The van der Waals surface area contributed by atoms with E-state index in [1.54, 1.807) is 23.5 Å². The predicted octanol–water partition coefficient (Wildman–Crippen LogP) is 4.78. The van der Waals surface area contributed by atoms with E-state index >= 15 is 0 Å². The van der Waals surface area contributed by atoms with Crippen molar-refractivity contribution >= 4 is 11.3 Å². The second kappa shape index (κ2) is 9.97. The predicted molar refractivity (Wildman–Crippen MR) is 113 cm³/mol. The molecule has 0 aliphatic carbocycles. The van der Waals surface area contributed by atoms with Gasteiger partial charge in [0.2, 0.25) is 0 Å². The zero-order chi connectivity index (χ0) is 19.2. The average Bonchev–Trinajstić information content (AvgIpc) is 3.39. The van der Waals surface area contributed by atoms with Crippen molar-refractivity contribution in [2.75, 3.05) is 32.8 Å². The minimum absolute atomic E-state index is 0.0804. The number of likely N-dealkylation sites (tertiary alicyclic amines) is 1. The van der Waals surface area contributed by atoms with Gasteiger partial charge in [-0.3, -0.25) is 9.80 Å². The van der Waals surface area contributed by atoms with Crippen LogP contribution in [0.1, 0.15) is 36.8 Å². The van der Waals surface area contributed by atoms with E-state index in [-0.39, 0.29) is 5.82 Å². The molecular weight excluding hydrogens is 371 g/mol. The normalized spacial score (nSPS) is 21.6. The molecule has 28 heavy (non-hydrogen) atoms. The molecule has 2 aromatic rings. The Hall–Kier alpha value is -1.27. The fourth-order valence-electron chi connectivity index (χ4n) is 4.48. The van der Waals surface area contributed by atoms with E-state index in [9.17, 15) is 4.39 Å². The van der Waals surface area contributed by atoms with Crippen molar-refractivity contribution in [3.8, 4) is 0 Å². The Morgan fingerprint density at radius 2 is 1.96 bits per heavy atom. The highest BCUT2D eigenvalue weighted by Gasteiger charge is 2.25. The van der Waals surface area contributed by atoms with Gasteiger partial charge in [0.25, 0.3) is 0 Å². The second-order valence-electron chi connectivity index (χ2n) is 8.27. The van der Waals surface area contributed by atoms with E-state index in [0.29, 0.717) is 6.10 Å². The van der Waals surface area contributed by atoms with Gasteiger partial charge in [-0.1, -0.05) is 18.2 Å². The van der Waals surface area contributed by atoms with Gasteiger partial charge in [0.05, 0.1) is 6.10 Å². The molecule has 4 rings (SSSR count). The number of hydrogen-bond donors (Lipinski definition) is 0. The van der Waals surface area contributed by atoms with Crippen molar-refractivity contribution in [1.82, 2.24) is 9.80 Å². The zero-order valence-electron chi connectivity index (χ0n) is 16.6. The Balaban J connectivity index is 1.28. The molecule has 1 atom stereocenters. The van der Waals surface area contributed by atoms with Crippen LogP contribution in [0.15, 0.2) is 41.1 Å². The minimum Gasteiger partial charge on any atom is -0.377 e. The molecule has 1 aromatic carbocycles. The Kier molecular flexibility index (Phi) is 7.13. The molecule has 0 N–H and O–H groups in total. The fraction of sp³-hybridized carbons (Fsp3) is 0.565. The first-order valence-electron chi connectivity index (χ1n) is 10.6. The van der Waals surface area contributed by atoms with Crippen molar-refractivity contribution in [1.29, 1.82) is 0 Å². The zero-order valence-corrected chi connectivity index (χ0v) is 17.4. The molecule has 3 heterocycles. The summed E-state index contributed by atoms with van der Waals surface area (Å²) in [6.07, 6.45) is 5.19. The summed E-state index contributed by atoms with van der Waals surface area (Å²) in [4.78, 5) is 5.01. The van der Waals surface area contributed by atoms with Crippen molar-refractivity contribution in [2.24, 2.45) is 5.92 Å². The SMILES string of the molecule is Fc1ccccc1CN1CCC(CN(Cc2ccsc2)C[C@@H]2CCCO2)CC1. The van der Waals surface area contributed by atoms with Gasteiger partial charge in [-0.05, 0) is 73.1 Å². The summed E-state index contributed by atoms with van der Waals surface area (Å²) in [5.41, 5.74) is 2.23. The first kappa shape index (κ1) is 20.0. The van der Waals surface area contributed by atoms with E-state index in [4.69, 9.17) is 4.74 Å². The van der Waals surface area contributed by atoms with E-state index < -0.39 is 0 Å². The van der Waals surface area contributed by atoms with E-state index in [0.717, 1.165) is 57.4 Å². The fourth-order valence-corrected chi connectivity index (χ4v) is 5.14. The quantitative estimate of drug-likeness (QED) is 0.632. The molecule has 2 saturated heterocycles. The van der Waals surface area contributed by atoms with Gasteiger partial charge in [0.15, 0.2) is 0 Å². The number of ether oxygens (including phenoxy) is 1. The van der Waals surface area contributed by atoms with E-state index in [1.807, 2.05) is 12.1 Å². The number of benzene rings is 1. The summed E-state index contributed by atoms with van der Waals surface area (Å²) in [5.74, 6) is 0.639. The monoisotopic (exact) mass is 402 g/mol. The van der Waals surface area contributed by atoms with Crippen molar-refractivity contribution < 1.29 is 9.13 Å². The molecule has 1 aromatic heterocycles. The molecule has 5 heteroatoms. The van der Waals surface area contributed by atoms with Crippen LogP contribution in [0.2, 0.25) is 0 Å². The molecule has 0 saturated carbocycles. The summed E-state index contributed by atoms with van der Waals surface area (Å²) in [7, 11) is 0. The van der Waals surface area contributed by atoms with Gasteiger partial charge in [-0.2, -0.15) is 11.3 Å². The van der Waals surface area contributed by atoms with Gasteiger partial charge in [-0.25, -0.2) is 4.39 Å². The largest absolute Gasteiger partial charge is 0.377 e. The number of piperidine rings is 1. The highest BCUT2D eigenvalue weighted by molar-refractivity contribution is 7.07. The van der Waals surface area contributed by atoms with Crippen molar-refractivity contribution in [3.63, 3.8) is 0 Å². The lowest BCUT2D eigenvalue weighted by molar-refractivity contribution is 0.0570. The topological polar surface area (TPSA) is 15.7 Å². The number of nitrogens with zero attached hydrogens (tertiary/aromatic N) is 2. The molecule has 152 valence electrons. The third-order valence-electron chi connectivity index (χ3n) is 6.05. The van der Waals surface area contributed by atoms with Crippen LogP contribution in [-0.4, -0.2) is 48.7 Å². The van der Waals surface area contributed by atoms with Gasteiger partial charge >= 0.3 is 0 Å². The first-order valence-corrected chi connectivity index (χ1v) is 11.5.